The number of sulfonamides is 1. The molecule has 0 aromatic heterocycles. The average Bonchev–Trinajstić information content (AvgIpc) is 2.75. The summed E-state index contributed by atoms with van der Waals surface area (Å²) in [6, 6.07) is 20.0. The van der Waals surface area contributed by atoms with E-state index in [2.05, 4.69) is 25.5 Å². The molecule has 0 spiro atoms. The van der Waals surface area contributed by atoms with E-state index in [9.17, 15) is 13.2 Å². The molecule has 0 amide bonds. The Balaban J connectivity index is 1.95. The van der Waals surface area contributed by atoms with Crippen LogP contribution in [-0.2, 0) is 15.4 Å². The van der Waals surface area contributed by atoms with E-state index in [0.717, 1.165) is 12.0 Å². The highest BCUT2D eigenvalue weighted by Crippen LogP contribution is 2.29. The number of carbonyl (C=O) groups excluding carboxylic acids is 1. The van der Waals surface area contributed by atoms with Crippen molar-refractivity contribution >= 4 is 33.1 Å². The quantitative estimate of drug-likeness (QED) is 0.453. The van der Waals surface area contributed by atoms with E-state index in [1.807, 2.05) is 18.2 Å². The minimum atomic E-state index is -3.88. The predicted octanol–water partition coefficient (Wildman–Crippen LogP) is 6.06. The largest absolute Gasteiger partial charge is 0.289 e. The molecule has 0 aliphatic rings. The van der Waals surface area contributed by atoms with Crippen molar-refractivity contribution in [3.05, 3.63) is 94.5 Å². The van der Waals surface area contributed by atoms with Gasteiger partial charge in [0.2, 0.25) is 0 Å². The third kappa shape index (κ3) is 4.74. The standard InChI is InChI=1S/C24H24ClNO3S/c1-4-24(2,3)18-10-13-20(14-11-18)30(28,29)26-22-15-12-19(25)16-21(22)23(27)17-8-6-5-7-9-17/h5-16,26H,4H2,1-3H3. The van der Waals surface area contributed by atoms with Crippen molar-refractivity contribution in [2.24, 2.45) is 0 Å². The Kier molecular flexibility index (Phi) is 6.34. The van der Waals surface area contributed by atoms with Crippen molar-refractivity contribution in [3.8, 4) is 0 Å². The second-order valence-corrected chi connectivity index (χ2v) is 9.87. The van der Waals surface area contributed by atoms with Crippen molar-refractivity contribution < 1.29 is 13.2 Å². The van der Waals surface area contributed by atoms with Crippen molar-refractivity contribution in [1.29, 1.82) is 0 Å². The lowest BCUT2D eigenvalue weighted by molar-refractivity contribution is 0.103. The molecular formula is C24H24ClNO3S. The molecule has 0 atom stereocenters. The number of rotatable bonds is 7. The van der Waals surface area contributed by atoms with E-state index in [-0.39, 0.29) is 27.3 Å². The number of hydrogen-bond acceptors (Lipinski definition) is 3. The number of hydrogen-bond donors (Lipinski definition) is 1. The monoisotopic (exact) mass is 441 g/mol. The predicted molar refractivity (Wildman–Crippen MR) is 122 cm³/mol. The van der Waals surface area contributed by atoms with Crippen LogP contribution in [-0.4, -0.2) is 14.2 Å². The summed E-state index contributed by atoms with van der Waals surface area (Å²) in [6.45, 7) is 6.33. The van der Waals surface area contributed by atoms with Gasteiger partial charge in [-0.25, -0.2) is 8.42 Å². The summed E-state index contributed by atoms with van der Waals surface area (Å²) in [5.74, 6) is -0.309. The van der Waals surface area contributed by atoms with E-state index in [1.54, 1.807) is 42.5 Å². The molecule has 6 heteroatoms. The third-order valence-electron chi connectivity index (χ3n) is 5.34. The highest BCUT2D eigenvalue weighted by Gasteiger charge is 2.22. The molecule has 30 heavy (non-hydrogen) atoms. The zero-order chi connectivity index (χ0) is 21.9. The van der Waals surface area contributed by atoms with Gasteiger partial charge in [-0.15, -0.1) is 0 Å². The smallest absolute Gasteiger partial charge is 0.261 e. The topological polar surface area (TPSA) is 63.2 Å². The molecule has 3 aromatic rings. The normalized spacial score (nSPS) is 11.9. The maximum absolute atomic E-state index is 13.0. The molecule has 0 radical (unpaired) electrons. The van der Waals surface area contributed by atoms with Gasteiger partial charge in [-0.1, -0.05) is 74.8 Å². The molecule has 0 bridgehead atoms. The number of nitrogens with one attached hydrogen (secondary N) is 1. The molecule has 3 rings (SSSR count). The molecule has 0 fully saturated rings. The van der Waals surface area contributed by atoms with Crippen LogP contribution in [0.2, 0.25) is 5.02 Å². The van der Waals surface area contributed by atoms with E-state index < -0.39 is 10.0 Å². The lowest BCUT2D eigenvalue weighted by atomic mass is 9.82. The molecule has 0 unspecified atom stereocenters. The van der Waals surface area contributed by atoms with Crippen LogP contribution in [0.25, 0.3) is 0 Å². The SMILES string of the molecule is CCC(C)(C)c1ccc(S(=O)(=O)Nc2ccc(Cl)cc2C(=O)c2ccccc2)cc1. The first-order valence-corrected chi connectivity index (χ1v) is 11.5. The molecule has 156 valence electrons. The first-order chi connectivity index (χ1) is 14.1. The van der Waals surface area contributed by atoms with Gasteiger partial charge in [0.15, 0.2) is 5.78 Å². The summed E-state index contributed by atoms with van der Waals surface area (Å²) < 4.78 is 28.5. The minimum Gasteiger partial charge on any atom is -0.289 e. The van der Waals surface area contributed by atoms with Crippen LogP contribution in [0.5, 0.6) is 0 Å². The van der Waals surface area contributed by atoms with E-state index in [4.69, 9.17) is 11.6 Å². The summed E-state index contributed by atoms with van der Waals surface area (Å²) >= 11 is 6.08. The van der Waals surface area contributed by atoms with Crippen LogP contribution in [0.4, 0.5) is 5.69 Å². The van der Waals surface area contributed by atoms with Crippen LogP contribution in [0.1, 0.15) is 48.7 Å². The highest BCUT2D eigenvalue weighted by molar-refractivity contribution is 7.92. The maximum atomic E-state index is 13.0. The van der Waals surface area contributed by atoms with E-state index in [0.29, 0.717) is 10.6 Å². The van der Waals surface area contributed by atoms with Gasteiger partial charge in [-0.05, 0) is 47.7 Å². The molecular weight excluding hydrogens is 418 g/mol. The van der Waals surface area contributed by atoms with Crippen molar-refractivity contribution in [2.45, 2.75) is 37.5 Å². The summed E-state index contributed by atoms with van der Waals surface area (Å²) in [6.07, 6.45) is 0.938. The van der Waals surface area contributed by atoms with Gasteiger partial charge in [-0.2, -0.15) is 0 Å². The van der Waals surface area contributed by atoms with Gasteiger partial charge in [0.1, 0.15) is 0 Å². The molecule has 0 aliphatic carbocycles. The first kappa shape index (κ1) is 22.1. The van der Waals surface area contributed by atoms with E-state index in [1.165, 1.54) is 12.1 Å². The van der Waals surface area contributed by atoms with E-state index >= 15 is 0 Å². The molecule has 1 N–H and O–H groups in total. The lowest BCUT2D eigenvalue weighted by Crippen LogP contribution is -2.18. The van der Waals surface area contributed by atoms with Gasteiger partial charge in [0.05, 0.1) is 10.6 Å². The Bertz CT molecular complexity index is 1150. The average molecular weight is 442 g/mol. The van der Waals surface area contributed by atoms with Crippen molar-refractivity contribution in [3.63, 3.8) is 0 Å². The van der Waals surface area contributed by atoms with Crippen LogP contribution >= 0.6 is 11.6 Å². The van der Waals surface area contributed by atoms with Crippen LogP contribution < -0.4 is 4.72 Å². The first-order valence-electron chi connectivity index (χ1n) is 9.67. The Morgan fingerprint density at radius 3 is 2.20 bits per heavy atom. The molecule has 0 saturated carbocycles. The second-order valence-electron chi connectivity index (χ2n) is 7.75. The highest BCUT2D eigenvalue weighted by atomic mass is 35.5. The number of anilines is 1. The van der Waals surface area contributed by atoms with Crippen LogP contribution in [0.15, 0.2) is 77.7 Å². The lowest BCUT2D eigenvalue weighted by Gasteiger charge is -2.23. The minimum absolute atomic E-state index is 0.0405. The molecule has 0 saturated heterocycles. The molecule has 0 aliphatic heterocycles. The number of ketones is 1. The Morgan fingerprint density at radius 1 is 0.967 bits per heavy atom. The number of halogens is 1. The van der Waals surface area contributed by atoms with Crippen molar-refractivity contribution in [1.82, 2.24) is 0 Å². The van der Waals surface area contributed by atoms with Gasteiger partial charge < -0.3 is 0 Å². The number of benzene rings is 3. The fourth-order valence-corrected chi connectivity index (χ4v) is 4.28. The maximum Gasteiger partial charge on any atom is 0.261 e. The van der Waals surface area contributed by atoms with Gasteiger partial charge >= 0.3 is 0 Å². The van der Waals surface area contributed by atoms with Gasteiger partial charge in [0.25, 0.3) is 10.0 Å². The zero-order valence-corrected chi connectivity index (χ0v) is 18.7. The molecule has 0 heterocycles. The Morgan fingerprint density at radius 2 is 1.60 bits per heavy atom. The molecule has 4 nitrogen and oxygen atoms in total. The fourth-order valence-electron chi connectivity index (χ4n) is 3.03. The van der Waals surface area contributed by atoms with Gasteiger partial charge in [-0.3, -0.25) is 9.52 Å². The molecule has 3 aromatic carbocycles. The summed E-state index contributed by atoms with van der Waals surface area (Å²) in [7, 11) is -3.88. The summed E-state index contributed by atoms with van der Waals surface area (Å²) in [5.41, 5.74) is 1.86. The summed E-state index contributed by atoms with van der Waals surface area (Å²) in [5, 5.41) is 0.350. The van der Waals surface area contributed by atoms with Crippen LogP contribution in [0, 0.1) is 0 Å². The Hall–Kier alpha value is -2.63. The zero-order valence-electron chi connectivity index (χ0n) is 17.1. The van der Waals surface area contributed by atoms with Crippen LogP contribution in [0.3, 0.4) is 0 Å². The third-order valence-corrected chi connectivity index (χ3v) is 6.95. The second kappa shape index (κ2) is 8.62. The van der Waals surface area contributed by atoms with Gasteiger partial charge in [0, 0.05) is 16.1 Å². The Labute approximate surface area is 183 Å². The summed E-state index contributed by atoms with van der Waals surface area (Å²) in [4.78, 5) is 13.1. The van der Waals surface area contributed by atoms with Crippen molar-refractivity contribution in [2.75, 3.05) is 4.72 Å². The number of carbonyl (C=O) groups is 1. The fraction of sp³-hybridized carbons (Fsp3) is 0.208.